The number of nitrogens with zero attached hydrogens (tertiary/aromatic N) is 2. The van der Waals surface area contributed by atoms with Crippen molar-refractivity contribution in [3.05, 3.63) is 29.6 Å². The molecule has 4 heteroatoms. The van der Waals surface area contributed by atoms with E-state index in [9.17, 15) is 4.39 Å². The van der Waals surface area contributed by atoms with Crippen molar-refractivity contribution in [3.63, 3.8) is 0 Å². The van der Waals surface area contributed by atoms with Crippen molar-refractivity contribution in [2.24, 2.45) is 5.73 Å². The number of halogens is 1. The number of anilines is 1. The third kappa shape index (κ3) is 4.80. The molecule has 19 heavy (non-hydrogen) atoms. The van der Waals surface area contributed by atoms with E-state index < -0.39 is 0 Å². The average Bonchev–Trinajstić information content (AvgIpc) is 2.37. The Morgan fingerprint density at radius 2 is 1.95 bits per heavy atom. The molecule has 108 valence electrons. The van der Waals surface area contributed by atoms with Crippen molar-refractivity contribution in [1.29, 1.82) is 0 Å². The van der Waals surface area contributed by atoms with Gasteiger partial charge in [0.25, 0.3) is 0 Å². The van der Waals surface area contributed by atoms with Crippen LogP contribution < -0.4 is 10.6 Å². The van der Waals surface area contributed by atoms with Crippen LogP contribution in [0.15, 0.2) is 18.2 Å². The maximum Gasteiger partial charge on any atom is 0.128 e. The van der Waals surface area contributed by atoms with Gasteiger partial charge in [0.1, 0.15) is 5.82 Å². The fourth-order valence-electron chi connectivity index (χ4n) is 2.26. The van der Waals surface area contributed by atoms with Crippen LogP contribution in [-0.2, 0) is 6.42 Å². The number of benzene rings is 1. The van der Waals surface area contributed by atoms with Gasteiger partial charge in [0.15, 0.2) is 0 Å². The van der Waals surface area contributed by atoms with Gasteiger partial charge in [0, 0.05) is 24.3 Å². The van der Waals surface area contributed by atoms with Gasteiger partial charge in [-0.3, -0.25) is 0 Å². The minimum Gasteiger partial charge on any atom is -0.371 e. The zero-order chi connectivity index (χ0) is 14.3. The summed E-state index contributed by atoms with van der Waals surface area (Å²) in [5.74, 6) is -0.144. The molecule has 3 nitrogen and oxygen atoms in total. The van der Waals surface area contributed by atoms with E-state index in [2.05, 4.69) is 30.8 Å². The Bertz CT molecular complexity index is 380. The smallest absolute Gasteiger partial charge is 0.128 e. The van der Waals surface area contributed by atoms with Crippen LogP contribution in [0.3, 0.4) is 0 Å². The second-order valence-electron chi connectivity index (χ2n) is 5.01. The molecule has 0 bridgehead atoms. The fourth-order valence-corrected chi connectivity index (χ4v) is 2.26. The Morgan fingerprint density at radius 3 is 2.53 bits per heavy atom. The summed E-state index contributed by atoms with van der Waals surface area (Å²) < 4.78 is 13.9. The molecule has 0 aromatic heterocycles. The molecule has 0 spiro atoms. The van der Waals surface area contributed by atoms with E-state index in [0.717, 1.165) is 37.3 Å². The van der Waals surface area contributed by atoms with E-state index in [1.54, 1.807) is 6.07 Å². The highest BCUT2D eigenvalue weighted by Gasteiger charge is 2.12. The Kier molecular flexibility index (Phi) is 6.81. The van der Waals surface area contributed by atoms with Crippen molar-refractivity contribution in [1.82, 2.24) is 4.90 Å². The van der Waals surface area contributed by atoms with Crippen LogP contribution in [0.4, 0.5) is 10.1 Å². The molecule has 0 saturated heterocycles. The summed E-state index contributed by atoms with van der Waals surface area (Å²) >= 11 is 0. The van der Waals surface area contributed by atoms with Crippen LogP contribution in [0.5, 0.6) is 0 Å². The number of hydrogen-bond donors (Lipinski definition) is 1. The van der Waals surface area contributed by atoms with E-state index in [0.29, 0.717) is 13.0 Å². The minimum atomic E-state index is -0.144. The summed E-state index contributed by atoms with van der Waals surface area (Å²) in [5.41, 5.74) is 7.33. The molecule has 0 heterocycles. The summed E-state index contributed by atoms with van der Waals surface area (Å²) in [5, 5.41) is 0. The van der Waals surface area contributed by atoms with Gasteiger partial charge >= 0.3 is 0 Å². The Labute approximate surface area is 116 Å². The van der Waals surface area contributed by atoms with Gasteiger partial charge in [0.05, 0.1) is 0 Å². The molecule has 0 aliphatic heterocycles. The van der Waals surface area contributed by atoms with Gasteiger partial charge in [-0.2, -0.15) is 0 Å². The van der Waals surface area contributed by atoms with E-state index in [-0.39, 0.29) is 5.82 Å². The van der Waals surface area contributed by atoms with E-state index in [1.807, 2.05) is 6.07 Å². The Hall–Kier alpha value is -1.13. The predicted octanol–water partition coefficient (Wildman–Crippen LogP) is 2.10. The van der Waals surface area contributed by atoms with Crippen molar-refractivity contribution < 1.29 is 4.39 Å². The van der Waals surface area contributed by atoms with Gasteiger partial charge in [-0.25, -0.2) is 4.39 Å². The molecule has 2 N–H and O–H groups in total. The Balaban J connectivity index is 2.82. The number of rotatable bonds is 8. The van der Waals surface area contributed by atoms with E-state index >= 15 is 0 Å². The largest absolute Gasteiger partial charge is 0.371 e. The summed E-state index contributed by atoms with van der Waals surface area (Å²) in [6.45, 7) is 5.44. The third-order valence-electron chi connectivity index (χ3n) is 3.24. The highest BCUT2D eigenvalue weighted by atomic mass is 19.1. The van der Waals surface area contributed by atoms with Crippen molar-refractivity contribution >= 4 is 5.69 Å². The van der Waals surface area contributed by atoms with Gasteiger partial charge in [-0.15, -0.1) is 0 Å². The van der Waals surface area contributed by atoms with Gasteiger partial charge in [-0.1, -0.05) is 6.07 Å². The summed E-state index contributed by atoms with van der Waals surface area (Å²) in [6.07, 6.45) is 1.66. The lowest BCUT2D eigenvalue weighted by atomic mass is 10.1. The van der Waals surface area contributed by atoms with Gasteiger partial charge in [0.2, 0.25) is 0 Å². The molecular formula is C15H26FN3. The first-order valence-corrected chi connectivity index (χ1v) is 6.97. The molecule has 0 atom stereocenters. The van der Waals surface area contributed by atoms with E-state index in [4.69, 9.17) is 5.73 Å². The highest BCUT2D eigenvalue weighted by molar-refractivity contribution is 5.54. The molecular weight excluding hydrogens is 241 g/mol. The second-order valence-corrected chi connectivity index (χ2v) is 5.01. The quantitative estimate of drug-likeness (QED) is 0.783. The maximum absolute atomic E-state index is 13.9. The molecule has 0 aliphatic carbocycles. The lowest BCUT2D eigenvalue weighted by Gasteiger charge is -2.26. The molecule has 1 aromatic carbocycles. The first-order chi connectivity index (χ1) is 9.10. The summed E-state index contributed by atoms with van der Waals surface area (Å²) in [6, 6.07) is 5.29. The molecule has 0 fully saturated rings. The molecule has 1 rings (SSSR count). The lowest BCUT2D eigenvalue weighted by molar-refractivity contribution is 0.400. The normalized spacial score (nSPS) is 11.1. The first-order valence-electron chi connectivity index (χ1n) is 6.97. The zero-order valence-electron chi connectivity index (χ0n) is 12.3. The minimum absolute atomic E-state index is 0.144. The van der Waals surface area contributed by atoms with Crippen LogP contribution in [-0.4, -0.2) is 45.2 Å². The van der Waals surface area contributed by atoms with Crippen LogP contribution >= 0.6 is 0 Å². The van der Waals surface area contributed by atoms with E-state index in [1.165, 1.54) is 6.07 Å². The molecule has 0 unspecified atom stereocenters. The lowest BCUT2D eigenvalue weighted by Crippen LogP contribution is -2.28. The Morgan fingerprint density at radius 1 is 1.21 bits per heavy atom. The molecule has 1 aromatic rings. The van der Waals surface area contributed by atoms with Crippen molar-refractivity contribution in [3.8, 4) is 0 Å². The SMILES string of the molecule is CCN(CCCN(C)C)c1cccc(F)c1CCN. The zero-order valence-corrected chi connectivity index (χ0v) is 12.3. The van der Waals surface area contributed by atoms with Gasteiger partial charge in [-0.05, 0) is 59.1 Å². The van der Waals surface area contributed by atoms with Crippen LogP contribution in [0.25, 0.3) is 0 Å². The standard InChI is InChI=1S/C15H26FN3/c1-4-19(12-6-11-18(2)3)15-8-5-7-14(16)13(15)9-10-17/h5,7-8H,4,6,9-12,17H2,1-3H3. The maximum atomic E-state index is 13.9. The third-order valence-corrected chi connectivity index (χ3v) is 3.24. The topological polar surface area (TPSA) is 32.5 Å². The predicted molar refractivity (Wildman–Crippen MR) is 80.2 cm³/mol. The average molecular weight is 267 g/mol. The van der Waals surface area contributed by atoms with Gasteiger partial charge < -0.3 is 15.5 Å². The first kappa shape index (κ1) is 15.9. The highest BCUT2D eigenvalue weighted by Crippen LogP contribution is 2.23. The fraction of sp³-hybridized carbons (Fsp3) is 0.600. The van der Waals surface area contributed by atoms with Crippen molar-refractivity contribution in [2.45, 2.75) is 19.8 Å². The number of hydrogen-bond acceptors (Lipinski definition) is 3. The number of nitrogens with two attached hydrogens (primary N) is 1. The van der Waals surface area contributed by atoms with Crippen molar-refractivity contribution in [2.75, 3.05) is 45.2 Å². The second kappa shape index (κ2) is 8.12. The molecule has 0 amide bonds. The summed E-state index contributed by atoms with van der Waals surface area (Å²) in [4.78, 5) is 4.40. The monoisotopic (exact) mass is 267 g/mol. The molecule has 0 saturated carbocycles. The molecule has 0 aliphatic rings. The molecule has 0 radical (unpaired) electrons. The van der Waals surface area contributed by atoms with Crippen LogP contribution in [0.2, 0.25) is 0 Å². The van der Waals surface area contributed by atoms with Crippen LogP contribution in [0.1, 0.15) is 18.9 Å². The van der Waals surface area contributed by atoms with Crippen LogP contribution in [0, 0.1) is 5.82 Å². The summed E-state index contributed by atoms with van der Waals surface area (Å²) in [7, 11) is 4.14.